The van der Waals surface area contributed by atoms with E-state index in [2.05, 4.69) is 5.32 Å². The molecule has 1 heterocycles. The van der Waals surface area contributed by atoms with Crippen molar-refractivity contribution in [3.63, 3.8) is 0 Å². The van der Waals surface area contributed by atoms with Gasteiger partial charge in [0.25, 0.3) is 5.91 Å². The molecule has 8 nitrogen and oxygen atoms in total. The Morgan fingerprint density at radius 3 is 2.80 bits per heavy atom. The highest BCUT2D eigenvalue weighted by atomic mass is 16.6. The van der Waals surface area contributed by atoms with E-state index in [1.807, 2.05) is 0 Å². The largest absolute Gasteiger partial charge is 0.502 e. The quantitative estimate of drug-likeness (QED) is 0.637. The number of para-hydroxylation sites is 2. The molecule has 3 rings (SSSR count). The number of nitro benzene ring substituents is 1. The summed E-state index contributed by atoms with van der Waals surface area (Å²) in [4.78, 5) is 22.4. The Kier molecular flexibility index (Phi) is 4.80. The molecule has 8 heteroatoms. The molecule has 1 aliphatic heterocycles. The van der Waals surface area contributed by atoms with Crippen LogP contribution in [0.5, 0.6) is 11.5 Å². The van der Waals surface area contributed by atoms with Crippen molar-refractivity contribution in [1.29, 1.82) is 0 Å². The summed E-state index contributed by atoms with van der Waals surface area (Å²) in [6.45, 7) is 1.14. The first kappa shape index (κ1) is 16.7. The van der Waals surface area contributed by atoms with Crippen LogP contribution in [0.25, 0.3) is 0 Å². The molecule has 1 saturated heterocycles. The van der Waals surface area contributed by atoms with E-state index >= 15 is 0 Å². The molecule has 2 aromatic carbocycles. The minimum atomic E-state index is -0.718. The topological polar surface area (TPSA) is 111 Å². The van der Waals surface area contributed by atoms with Gasteiger partial charge in [0, 0.05) is 18.1 Å². The molecule has 0 bridgehead atoms. The number of nitro groups is 1. The van der Waals surface area contributed by atoms with Crippen LogP contribution in [0.4, 0.5) is 11.4 Å². The van der Waals surface area contributed by atoms with Crippen molar-refractivity contribution in [3.8, 4) is 11.5 Å². The molecule has 130 valence electrons. The number of nitrogens with zero attached hydrogens (tertiary/aromatic N) is 1. The Morgan fingerprint density at radius 1 is 1.32 bits per heavy atom. The molecule has 0 spiro atoms. The van der Waals surface area contributed by atoms with Gasteiger partial charge in [0.05, 0.1) is 23.8 Å². The lowest BCUT2D eigenvalue weighted by Gasteiger charge is -2.16. The van der Waals surface area contributed by atoms with Crippen molar-refractivity contribution in [2.75, 3.05) is 18.5 Å². The third-order valence-electron chi connectivity index (χ3n) is 3.75. The number of ether oxygens (including phenoxy) is 2. The maximum Gasteiger partial charge on any atom is 0.310 e. The number of hydrogen-bond acceptors (Lipinski definition) is 6. The van der Waals surface area contributed by atoms with Gasteiger partial charge in [-0.25, -0.2) is 0 Å². The first-order valence-electron chi connectivity index (χ1n) is 7.67. The van der Waals surface area contributed by atoms with Gasteiger partial charge in [0.1, 0.15) is 11.9 Å². The maximum atomic E-state index is 12.4. The number of benzene rings is 2. The molecule has 2 aromatic rings. The van der Waals surface area contributed by atoms with Crippen LogP contribution in [0.15, 0.2) is 42.5 Å². The molecular weight excluding hydrogens is 328 g/mol. The lowest BCUT2D eigenvalue weighted by atomic mass is 10.1. The monoisotopic (exact) mass is 344 g/mol. The van der Waals surface area contributed by atoms with E-state index in [0.717, 1.165) is 18.6 Å². The number of rotatable bonds is 5. The molecule has 1 unspecified atom stereocenters. The average molecular weight is 344 g/mol. The Labute approximate surface area is 143 Å². The highest BCUT2D eigenvalue weighted by molar-refractivity contribution is 6.05. The first-order valence-corrected chi connectivity index (χ1v) is 7.67. The van der Waals surface area contributed by atoms with Gasteiger partial charge in [-0.1, -0.05) is 12.1 Å². The van der Waals surface area contributed by atoms with Crippen LogP contribution in [-0.4, -0.2) is 35.3 Å². The van der Waals surface area contributed by atoms with Crippen LogP contribution >= 0.6 is 0 Å². The van der Waals surface area contributed by atoms with Crippen molar-refractivity contribution in [2.24, 2.45) is 0 Å². The lowest BCUT2D eigenvalue weighted by Crippen LogP contribution is -2.18. The summed E-state index contributed by atoms with van der Waals surface area (Å²) in [6.07, 6.45) is 0.708. The number of anilines is 1. The van der Waals surface area contributed by atoms with E-state index in [9.17, 15) is 20.0 Å². The van der Waals surface area contributed by atoms with Gasteiger partial charge in [-0.2, -0.15) is 0 Å². The molecule has 2 N–H and O–H groups in total. The van der Waals surface area contributed by atoms with Gasteiger partial charge >= 0.3 is 5.69 Å². The van der Waals surface area contributed by atoms with Gasteiger partial charge < -0.3 is 19.9 Å². The normalized spacial score (nSPS) is 16.4. The zero-order chi connectivity index (χ0) is 17.8. The molecule has 1 fully saturated rings. The van der Waals surface area contributed by atoms with Crippen molar-refractivity contribution in [3.05, 3.63) is 58.1 Å². The van der Waals surface area contributed by atoms with Crippen LogP contribution in [0.2, 0.25) is 0 Å². The van der Waals surface area contributed by atoms with E-state index in [1.165, 1.54) is 6.07 Å². The minimum absolute atomic E-state index is 0.0681. The number of nitrogens with one attached hydrogen (secondary N) is 1. The molecule has 0 aromatic heterocycles. The van der Waals surface area contributed by atoms with Crippen LogP contribution < -0.4 is 10.1 Å². The van der Waals surface area contributed by atoms with Crippen LogP contribution in [0.3, 0.4) is 0 Å². The van der Waals surface area contributed by atoms with Crippen LogP contribution in [-0.2, 0) is 4.74 Å². The number of aromatic hydroxyl groups is 1. The number of carbonyl (C=O) groups is 1. The standard InChI is InChI=1S/C17H16N2O6/c20-15-9-11(5-6-14(15)19(22)23)17(21)18-13-3-1-2-4-16(13)25-12-7-8-24-10-12/h1-6,9,12,20H,7-8,10H2,(H,18,21). The van der Waals surface area contributed by atoms with Crippen molar-refractivity contribution >= 4 is 17.3 Å². The summed E-state index contributed by atoms with van der Waals surface area (Å²) in [5, 5.41) is 23.1. The van der Waals surface area contributed by atoms with Crippen LogP contribution in [0.1, 0.15) is 16.8 Å². The summed E-state index contributed by atoms with van der Waals surface area (Å²) >= 11 is 0. The second kappa shape index (κ2) is 7.18. The summed E-state index contributed by atoms with van der Waals surface area (Å²) in [5.74, 6) is -0.563. The predicted octanol–water partition coefficient (Wildman–Crippen LogP) is 2.72. The Balaban J connectivity index is 1.76. The second-order valence-electron chi connectivity index (χ2n) is 5.51. The maximum absolute atomic E-state index is 12.4. The fraction of sp³-hybridized carbons (Fsp3) is 0.235. The molecule has 1 amide bonds. The third kappa shape index (κ3) is 3.86. The van der Waals surface area contributed by atoms with Gasteiger partial charge in [-0.3, -0.25) is 14.9 Å². The van der Waals surface area contributed by atoms with Crippen LogP contribution in [0, 0.1) is 10.1 Å². The van der Waals surface area contributed by atoms with Crippen molar-refractivity contribution in [2.45, 2.75) is 12.5 Å². The van der Waals surface area contributed by atoms with E-state index in [-0.39, 0.29) is 11.7 Å². The highest BCUT2D eigenvalue weighted by Crippen LogP contribution is 2.29. The van der Waals surface area contributed by atoms with Gasteiger partial charge in [-0.05, 0) is 24.3 Å². The molecule has 1 aliphatic rings. The van der Waals surface area contributed by atoms with E-state index in [0.29, 0.717) is 24.7 Å². The smallest absolute Gasteiger partial charge is 0.310 e. The molecular formula is C17H16N2O6. The average Bonchev–Trinajstić information content (AvgIpc) is 3.09. The summed E-state index contributed by atoms with van der Waals surface area (Å²) in [5.41, 5.74) is 0.112. The molecule has 0 saturated carbocycles. The summed E-state index contributed by atoms with van der Waals surface area (Å²) in [7, 11) is 0. The Morgan fingerprint density at radius 2 is 2.12 bits per heavy atom. The lowest BCUT2D eigenvalue weighted by molar-refractivity contribution is -0.385. The zero-order valence-electron chi connectivity index (χ0n) is 13.2. The molecule has 0 aliphatic carbocycles. The SMILES string of the molecule is O=C(Nc1ccccc1OC1CCOC1)c1ccc([N+](=O)[O-])c(O)c1. The van der Waals surface area contributed by atoms with E-state index in [4.69, 9.17) is 9.47 Å². The van der Waals surface area contributed by atoms with Gasteiger partial charge in [0.15, 0.2) is 5.75 Å². The number of hydrogen-bond donors (Lipinski definition) is 2. The Hall–Kier alpha value is -3.13. The summed E-state index contributed by atoms with van der Waals surface area (Å²) < 4.78 is 11.1. The minimum Gasteiger partial charge on any atom is -0.502 e. The fourth-order valence-corrected chi connectivity index (χ4v) is 2.47. The number of amides is 1. The number of carbonyl (C=O) groups excluding carboxylic acids is 1. The molecule has 1 atom stereocenters. The highest BCUT2D eigenvalue weighted by Gasteiger charge is 2.20. The number of phenolic OH excluding ortho intramolecular Hbond substituents is 1. The molecule has 0 radical (unpaired) electrons. The van der Waals surface area contributed by atoms with E-state index in [1.54, 1.807) is 24.3 Å². The van der Waals surface area contributed by atoms with E-state index < -0.39 is 22.3 Å². The predicted molar refractivity (Wildman–Crippen MR) is 89.0 cm³/mol. The number of phenols is 1. The van der Waals surface area contributed by atoms with Gasteiger partial charge in [0.2, 0.25) is 0 Å². The van der Waals surface area contributed by atoms with Crippen molar-refractivity contribution < 1.29 is 24.3 Å². The van der Waals surface area contributed by atoms with Gasteiger partial charge in [-0.15, -0.1) is 0 Å². The zero-order valence-corrected chi connectivity index (χ0v) is 13.2. The second-order valence-corrected chi connectivity index (χ2v) is 5.51. The Bertz CT molecular complexity index is 801. The fourth-order valence-electron chi connectivity index (χ4n) is 2.47. The molecule has 25 heavy (non-hydrogen) atoms. The summed E-state index contributed by atoms with van der Waals surface area (Å²) in [6, 6.07) is 10.4. The first-order chi connectivity index (χ1) is 12.0. The van der Waals surface area contributed by atoms with Crippen molar-refractivity contribution in [1.82, 2.24) is 0 Å². The third-order valence-corrected chi connectivity index (χ3v) is 3.75.